The Morgan fingerprint density at radius 2 is 2.18 bits per heavy atom. The molecule has 0 aromatic carbocycles. The molecular weight excluding hydrogens is 214 g/mol. The van der Waals surface area contributed by atoms with Crippen molar-refractivity contribution in [2.45, 2.75) is 19.9 Å². The summed E-state index contributed by atoms with van der Waals surface area (Å²) in [5.41, 5.74) is 1.13. The van der Waals surface area contributed by atoms with Crippen molar-refractivity contribution in [3.05, 3.63) is 23.9 Å². The van der Waals surface area contributed by atoms with E-state index in [2.05, 4.69) is 34.3 Å². The molecule has 4 nitrogen and oxygen atoms in total. The van der Waals surface area contributed by atoms with Crippen molar-refractivity contribution in [1.29, 1.82) is 0 Å². The van der Waals surface area contributed by atoms with Crippen LogP contribution in [0.15, 0.2) is 18.2 Å². The predicted molar refractivity (Wildman–Crippen MR) is 69.1 cm³/mol. The van der Waals surface area contributed by atoms with Crippen molar-refractivity contribution in [2.75, 3.05) is 38.2 Å². The molecule has 0 atom stereocenters. The summed E-state index contributed by atoms with van der Waals surface area (Å²) in [4.78, 5) is 7.00. The molecule has 0 radical (unpaired) electrons. The van der Waals surface area contributed by atoms with Gasteiger partial charge in [0.1, 0.15) is 5.82 Å². The Balaban J connectivity index is 1.90. The maximum atomic E-state index is 5.34. The second-order valence-corrected chi connectivity index (χ2v) is 4.33. The van der Waals surface area contributed by atoms with Gasteiger partial charge in [0.15, 0.2) is 0 Å². The molecule has 0 bridgehead atoms. The summed E-state index contributed by atoms with van der Waals surface area (Å²) in [5.74, 6) is 0.984. The third-order valence-electron chi connectivity index (χ3n) is 2.85. The van der Waals surface area contributed by atoms with E-state index in [-0.39, 0.29) is 0 Å². The Morgan fingerprint density at radius 1 is 1.35 bits per heavy atom. The van der Waals surface area contributed by atoms with Crippen LogP contribution in [0, 0.1) is 0 Å². The molecule has 0 aliphatic carbocycles. The molecule has 1 saturated heterocycles. The van der Waals surface area contributed by atoms with E-state index in [1.165, 1.54) is 0 Å². The van der Waals surface area contributed by atoms with Gasteiger partial charge in [-0.2, -0.15) is 0 Å². The molecule has 1 aromatic rings. The van der Waals surface area contributed by atoms with Gasteiger partial charge >= 0.3 is 0 Å². The maximum Gasteiger partial charge on any atom is 0.126 e. The second kappa shape index (κ2) is 6.57. The third-order valence-corrected chi connectivity index (χ3v) is 2.85. The molecule has 94 valence electrons. The van der Waals surface area contributed by atoms with E-state index in [0.29, 0.717) is 0 Å². The van der Waals surface area contributed by atoms with Crippen LogP contribution in [-0.2, 0) is 11.3 Å². The van der Waals surface area contributed by atoms with Gasteiger partial charge in [-0.3, -0.25) is 4.90 Å². The minimum Gasteiger partial charge on any atom is -0.379 e. The van der Waals surface area contributed by atoms with Crippen LogP contribution in [0.5, 0.6) is 0 Å². The van der Waals surface area contributed by atoms with E-state index in [0.717, 1.165) is 57.3 Å². The molecule has 1 aliphatic rings. The molecule has 1 N–H and O–H groups in total. The predicted octanol–water partition coefficient (Wildman–Crippen LogP) is 1.74. The van der Waals surface area contributed by atoms with E-state index in [1.54, 1.807) is 0 Å². The summed E-state index contributed by atoms with van der Waals surface area (Å²) in [5, 5.41) is 3.32. The van der Waals surface area contributed by atoms with E-state index in [4.69, 9.17) is 4.74 Å². The van der Waals surface area contributed by atoms with Gasteiger partial charge in [0.05, 0.1) is 18.9 Å². The van der Waals surface area contributed by atoms with Gasteiger partial charge in [-0.15, -0.1) is 0 Å². The van der Waals surface area contributed by atoms with Crippen LogP contribution in [0.25, 0.3) is 0 Å². The van der Waals surface area contributed by atoms with E-state index < -0.39 is 0 Å². The summed E-state index contributed by atoms with van der Waals surface area (Å²) in [6.45, 7) is 7.76. The highest BCUT2D eigenvalue weighted by atomic mass is 16.5. The van der Waals surface area contributed by atoms with Gasteiger partial charge in [-0.05, 0) is 18.6 Å². The fraction of sp³-hybridized carbons (Fsp3) is 0.615. The number of morpholine rings is 1. The normalized spacial score (nSPS) is 17.0. The van der Waals surface area contributed by atoms with Crippen LogP contribution in [0.1, 0.15) is 19.0 Å². The fourth-order valence-corrected chi connectivity index (χ4v) is 1.91. The van der Waals surface area contributed by atoms with Gasteiger partial charge < -0.3 is 10.1 Å². The lowest BCUT2D eigenvalue weighted by Crippen LogP contribution is -2.35. The standard InChI is InChI=1S/C13H21N3O/c1-2-6-14-13-5-3-4-12(15-13)11-16-7-9-17-10-8-16/h3-5H,2,6-11H2,1H3,(H,14,15). The molecular formula is C13H21N3O. The molecule has 0 amide bonds. The largest absolute Gasteiger partial charge is 0.379 e. The lowest BCUT2D eigenvalue weighted by molar-refractivity contribution is 0.0337. The number of ether oxygens (including phenoxy) is 1. The first kappa shape index (κ1) is 12.3. The van der Waals surface area contributed by atoms with Crippen molar-refractivity contribution in [1.82, 2.24) is 9.88 Å². The monoisotopic (exact) mass is 235 g/mol. The van der Waals surface area contributed by atoms with Gasteiger partial charge in [-0.1, -0.05) is 13.0 Å². The molecule has 1 aromatic heterocycles. The molecule has 1 aliphatic heterocycles. The summed E-state index contributed by atoms with van der Waals surface area (Å²) in [6.07, 6.45) is 1.12. The number of rotatable bonds is 5. The number of nitrogens with zero attached hydrogens (tertiary/aromatic N) is 2. The number of hydrogen-bond acceptors (Lipinski definition) is 4. The first-order valence-electron chi connectivity index (χ1n) is 6.38. The quantitative estimate of drug-likeness (QED) is 0.843. The molecule has 0 saturated carbocycles. The van der Waals surface area contributed by atoms with Gasteiger partial charge in [0.25, 0.3) is 0 Å². The molecule has 0 unspecified atom stereocenters. The number of pyridine rings is 1. The van der Waals surface area contributed by atoms with Crippen LogP contribution < -0.4 is 5.32 Å². The first-order valence-corrected chi connectivity index (χ1v) is 6.38. The van der Waals surface area contributed by atoms with Gasteiger partial charge in [0.2, 0.25) is 0 Å². The van der Waals surface area contributed by atoms with Crippen molar-refractivity contribution in [3.8, 4) is 0 Å². The molecule has 2 heterocycles. The Bertz CT molecular complexity index is 337. The van der Waals surface area contributed by atoms with Gasteiger partial charge in [0, 0.05) is 26.2 Å². The molecule has 17 heavy (non-hydrogen) atoms. The van der Waals surface area contributed by atoms with Crippen molar-refractivity contribution in [2.24, 2.45) is 0 Å². The molecule has 1 fully saturated rings. The van der Waals surface area contributed by atoms with Crippen molar-refractivity contribution >= 4 is 5.82 Å². The maximum absolute atomic E-state index is 5.34. The Hall–Kier alpha value is -1.13. The number of nitrogens with one attached hydrogen (secondary N) is 1. The summed E-state index contributed by atoms with van der Waals surface area (Å²) in [6, 6.07) is 6.19. The van der Waals surface area contributed by atoms with E-state index in [1.807, 2.05) is 6.07 Å². The fourth-order valence-electron chi connectivity index (χ4n) is 1.91. The molecule has 4 heteroatoms. The van der Waals surface area contributed by atoms with Crippen molar-refractivity contribution in [3.63, 3.8) is 0 Å². The average molecular weight is 235 g/mol. The summed E-state index contributed by atoms with van der Waals surface area (Å²) < 4.78 is 5.34. The molecule has 2 rings (SSSR count). The second-order valence-electron chi connectivity index (χ2n) is 4.33. The number of hydrogen-bond donors (Lipinski definition) is 1. The minimum absolute atomic E-state index is 0.841. The molecule has 0 spiro atoms. The highest BCUT2D eigenvalue weighted by Crippen LogP contribution is 2.08. The zero-order valence-electron chi connectivity index (χ0n) is 10.5. The van der Waals surface area contributed by atoms with E-state index in [9.17, 15) is 0 Å². The zero-order chi connectivity index (χ0) is 11.9. The number of aromatic nitrogens is 1. The van der Waals surface area contributed by atoms with Crippen LogP contribution in [0.4, 0.5) is 5.82 Å². The lowest BCUT2D eigenvalue weighted by Gasteiger charge is -2.26. The smallest absolute Gasteiger partial charge is 0.126 e. The average Bonchev–Trinajstić information content (AvgIpc) is 2.38. The summed E-state index contributed by atoms with van der Waals surface area (Å²) in [7, 11) is 0. The lowest BCUT2D eigenvalue weighted by atomic mass is 10.3. The van der Waals surface area contributed by atoms with Crippen LogP contribution in [-0.4, -0.2) is 42.7 Å². The highest BCUT2D eigenvalue weighted by Gasteiger charge is 2.11. The van der Waals surface area contributed by atoms with Crippen LogP contribution in [0.2, 0.25) is 0 Å². The van der Waals surface area contributed by atoms with Crippen LogP contribution >= 0.6 is 0 Å². The topological polar surface area (TPSA) is 37.4 Å². The summed E-state index contributed by atoms with van der Waals surface area (Å²) >= 11 is 0. The Kier molecular flexibility index (Phi) is 4.76. The first-order chi connectivity index (χ1) is 8.38. The number of anilines is 1. The Morgan fingerprint density at radius 3 is 2.94 bits per heavy atom. The minimum atomic E-state index is 0.841. The van der Waals surface area contributed by atoms with Gasteiger partial charge in [-0.25, -0.2) is 4.98 Å². The third kappa shape index (κ3) is 3.98. The van der Waals surface area contributed by atoms with Crippen molar-refractivity contribution < 1.29 is 4.74 Å². The highest BCUT2D eigenvalue weighted by molar-refractivity contribution is 5.35. The zero-order valence-corrected chi connectivity index (χ0v) is 10.5. The Labute approximate surface area is 103 Å². The van der Waals surface area contributed by atoms with E-state index >= 15 is 0 Å². The van der Waals surface area contributed by atoms with Crippen LogP contribution in [0.3, 0.4) is 0 Å². The SMILES string of the molecule is CCCNc1cccc(CN2CCOCC2)n1.